The van der Waals surface area contributed by atoms with Crippen LogP contribution in [0.25, 0.3) is 0 Å². The third kappa shape index (κ3) is 3.63. The van der Waals surface area contributed by atoms with Gasteiger partial charge >= 0.3 is 0 Å². The molecular weight excluding hydrogens is 352 g/mol. The molecule has 4 nitrogen and oxygen atoms in total. The Morgan fingerprint density at radius 1 is 0.464 bits per heavy atom. The second-order valence-electron chi connectivity index (χ2n) is 7.20. The van der Waals surface area contributed by atoms with E-state index >= 15 is 0 Å². The number of rotatable bonds is 6. The lowest BCUT2D eigenvalue weighted by atomic mass is 9.99. The lowest BCUT2D eigenvalue weighted by Crippen LogP contribution is -1.96. The number of hydrogen-bond acceptors (Lipinski definition) is 4. The highest BCUT2D eigenvalue weighted by molar-refractivity contribution is 5.45. The van der Waals surface area contributed by atoms with Gasteiger partial charge in [0.1, 0.15) is 0 Å². The summed E-state index contributed by atoms with van der Waals surface area (Å²) in [5.74, 6) is 3.40. The van der Waals surface area contributed by atoms with E-state index < -0.39 is 0 Å². The van der Waals surface area contributed by atoms with Gasteiger partial charge in [-0.05, 0) is 72.2 Å². The maximum Gasteiger partial charge on any atom is 0.231 e. The van der Waals surface area contributed by atoms with Gasteiger partial charge in [0.05, 0.1) is 0 Å². The smallest absolute Gasteiger partial charge is 0.231 e. The second kappa shape index (κ2) is 7.47. The molecule has 2 aliphatic heterocycles. The molecule has 0 bridgehead atoms. The Hall–Kier alpha value is -3.14. The zero-order valence-corrected chi connectivity index (χ0v) is 15.6. The van der Waals surface area contributed by atoms with Crippen molar-refractivity contribution in [1.29, 1.82) is 0 Å². The summed E-state index contributed by atoms with van der Waals surface area (Å²) in [6, 6.07) is 21.3. The zero-order valence-electron chi connectivity index (χ0n) is 15.6. The van der Waals surface area contributed by atoms with Crippen molar-refractivity contribution < 1.29 is 18.9 Å². The van der Waals surface area contributed by atoms with Crippen molar-refractivity contribution >= 4 is 0 Å². The van der Waals surface area contributed by atoms with Crippen molar-refractivity contribution in [1.82, 2.24) is 0 Å². The van der Waals surface area contributed by atoms with Crippen LogP contribution >= 0.6 is 0 Å². The molecule has 0 fully saturated rings. The quantitative estimate of drug-likeness (QED) is 0.626. The number of ether oxygens (including phenoxy) is 4. The normalized spacial score (nSPS) is 13.7. The average Bonchev–Trinajstić information content (AvgIpc) is 3.39. The minimum atomic E-state index is 0.324. The van der Waals surface area contributed by atoms with Gasteiger partial charge in [-0.15, -0.1) is 0 Å². The van der Waals surface area contributed by atoms with Crippen molar-refractivity contribution in [2.24, 2.45) is 0 Å². The molecule has 0 spiro atoms. The summed E-state index contributed by atoms with van der Waals surface area (Å²) in [4.78, 5) is 0. The molecule has 3 aromatic carbocycles. The highest BCUT2D eigenvalue weighted by Crippen LogP contribution is 2.33. The first kappa shape index (κ1) is 17.0. The molecular formula is C24H22O4. The van der Waals surface area contributed by atoms with Crippen LogP contribution in [0.5, 0.6) is 23.0 Å². The van der Waals surface area contributed by atoms with Crippen LogP contribution in [0, 0.1) is 0 Å². The molecule has 0 saturated carbocycles. The molecule has 5 rings (SSSR count). The molecule has 142 valence electrons. The Bertz CT molecular complexity index is 919. The van der Waals surface area contributed by atoms with Gasteiger partial charge in [-0.2, -0.15) is 0 Å². The van der Waals surface area contributed by atoms with Gasteiger partial charge in [-0.25, -0.2) is 0 Å². The van der Waals surface area contributed by atoms with Gasteiger partial charge in [0.15, 0.2) is 23.0 Å². The second-order valence-corrected chi connectivity index (χ2v) is 7.20. The standard InChI is InChI=1S/C24H22O4/c1-2-17(4-6-19-8-10-21-23(13-19)27-15-25-21)12-18(3-1)5-7-20-9-11-22-24(14-20)28-16-26-22/h1-3,8-14H,4-7,15-16H2. The summed E-state index contributed by atoms with van der Waals surface area (Å²) in [5, 5.41) is 0. The molecule has 3 aromatic rings. The van der Waals surface area contributed by atoms with Gasteiger partial charge < -0.3 is 18.9 Å². The Balaban J connectivity index is 1.20. The Morgan fingerprint density at radius 2 is 0.893 bits per heavy atom. The van der Waals surface area contributed by atoms with E-state index in [4.69, 9.17) is 18.9 Å². The monoisotopic (exact) mass is 374 g/mol. The van der Waals surface area contributed by atoms with Crippen LogP contribution in [0.15, 0.2) is 60.7 Å². The molecule has 0 unspecified atom stereocenters. The van der Waals surface area contributed by atoms with Gasteiger partial charge in [-0.1, -0.05) is 36.4 Å². The SMILES string of the molecule is c1cc(CCc2ccc3c(c2)OCO3)cc(CCc2ccc3c(c2)OCO3)c1. The Morgan fingerprint density at radius 3 is 1.39 bits per heavy atom. The van der Waals surface area contributed by atoms with Crippen LogP contribution in [0.2, 0.25) is 0 Å². The lowest BCUT2D eigenvalue weighted by molar-refractivity contribution is 0.173. The van der Waals surface area contributed by atoms with Crippen LogP contribution in [-0.4, -0.2) is 13.6 Å². The third-order valence-corrected chi connectivity index (χ3v) is 5.27. The highest BCUT2D eigenvalue weighted by Gasteiger charge is 2.14. The molecule has 0 radical (unpaired) electrons. The maximum atomic E-state index is 5.47. The van der Waals surface area contributed by atoms with E-state index in [0.29, 0.717) is 13.6 Å². The van der Waals surface area contributed by atoms with Crippen LogP contribution in [-0.2, 0) is 25.7 Å². The van der Waals surface area contributed by atoms with Crippen LogP contribution in [0.3, 0.4) is 0 Å². The van der Waals surface area contributed by atoms with E-state index in [1.807, 2.05) is 12.1 Å². The van der Waals surface area contributed by atoms with Crippen LogP contribution in [0.1, 0.15) is 22.3 Å². The number of benzene rings is 3. The summed E-state index contributed by atoms with van der Waals surface area (Å²) >= 11 is 0. The summed E-state index contributed by atoms with van der Waals surface area (Å²) in [6.45, 7) is 0.647. The molecule has 4 heteroatoms. The summed E-state index contributed by atoms with van der Waals surface area (Å²) in [6.07, 6.45) is 4.00. The number of hydrogen-bond donors (Lipinski definition) is 0. The zero-order chi connectivity index (χ0) is 18.8. The first-order valence-electron chi connectivity index (χ1n) is 9.68. The fourth-order valence-electron chi connectivity index (χ4n) is 3.71. The molecule has 0 amide bonds. The highest BCUT2D eigenvalue weighted by atomic mass is 16.7. The molecule has 2 heterocycles. The van der Waals surface area contributed by atoms with Crippen molar-refractivity contribution in [3.8, 4) is 23.0 Å². The predicted molar refractivity (Wildman–Crippen MR) is 106 cm³/mol. The van der Waals surface area contributed by atoms with E-state index in [9.17, 15) is 0 Å². The fraction of sp³-hybridized carbons (Fsp3) is 0.250. The molecule has 0 N–H and O–H groups in total. The summed E-state index contributed by atoms with van der Waals surface area (Å²) < 4.78 is 21.7. The van der Waals surface area contributed by atoms with E-state index in [1.165, 1.54) is 22.3 Å². The summed E-state index contributed by atoms with van der Waals surface area (Å²) in [7, 11) is 0. The molecule has 0 aliphatic carbocycles. The largest absolute Gasteiger partial charge is 0.454 e. The molecule has 2 aliphatic rings. The van der Waals surface area contributed by atoms with E-state index in [-0.39, 0.29) is 0 Å². The van der Waals surface area contributed by atoms with E-state index in [2.05, 4.69) is 48.5 Å². The van der Waals surface area contributed by atoms with Gasteiger partial charge in [0.2, 0.25) is 13.6 Å². The minimum absolute atomic E-state index is 0.324. The molecule has 0 aromatic heterocycles. The average molecular weight is 374 g/mol. The van der Waals surface area contributed by atoms with Gasteiger partial charge in [-0.3, -0.25) is 0 Å². The van der Waals surface area contributed by atoms with E-state index in [1.54, 1.807) is 0 Å². The van der Waals surface area contributed by atoms with Crippen LogP contribution in [0.4, 0.5) is 0 Å². The minimum Gasteiger partial charge on any atom is -0.454 e. The van der Waals surface area contributed by atoms with Crippen LogP contribution < -0.4 is 18.9 Å². The summed E-state index contributed by atoms with van der Waals surface area (Å²) in [5.41, 5.74) is 5.27. The number of fused-ring (bicyclic) bond motifs is 2. The fourth-order valence-corrected chi connectivity index (χ4v) is 3.71. The molecule has 0 atom stereocenters. The maximum absolute atomic E-state index is 5.47. The predicted octanol–water partition coefficient (Wildman–Crippen LogP) is 4.71. The third-order valence-electron chi connectivity index (χ3n) is 5.27. The Labute approximate surface area is 164 Å². The molecule has 28 heavy (non-hydrogen) atoms. The van der Waals surface area contributed by atoms with Crippen molar-refractivity contribution in [3.05, 3.63) is 82.9 Å². The number of aryl methyl sites for hydroxylation is 4. The first-order chi connectivity index (χ1) is 13.8. The van der Waals surface area contributed by atoms with Crippen molar-refractivity contribution in [3.63, 3.8) is 0 Å². The van der Waals surface area contributed by atoms with Gasteiger partial charge in [0.25, 0.3) is 0 Å². The Kier molecular flexibility index (Phi) is 4.53. The van der Waals surface area contributed by atoms with Gasteiger partial charge in [0, 0.05) is 0 Å². The first-order valence-corrected chi connectivity index (χ1v) is 9.68. The van der Waals surface area contributed by atoms with E-state index in [0.717, 1.165) is 48.7 Å². The van der Waals surface area contributed by atoms with Crippen molar-refractivity contribution in [2.45, 2.75) is 25.7 Å². The lowest BCUT2D eigenvalue weighted by Gasteiger charge is -2.07. The molecule has 0 saturated heterocycles. The topological polar surface area (TPSA) is 36.9 Å². The van der Waals surface area contributed by atoms with Crippen molar-refractivity contribution in [2.75, 3.05) is 13.6 Å².